The second kappa shape index (κ2) is 7.17. The number of hydrogen-bond donors (Lipinski definition) is 0. The number of anilines is 1. The van der Waals surface area contributed by atoms with Gasteiger partial charge >= 0.3 is 0 Å². The van der Waals surface area contributed by atoms with Crippen LogP contribution in [0.4, 0.5) is 5.95 Å². The molecule has 1 fully saturated rings. The second-order valence-corrected chi connectivity index (χ2v) is 6.45. The number of aromatic nitrogens is 2. The van der Waals surface area contributed by atoms with E-state index >= 15 is 0 Å². The van der Waals surface area contributed by atoms with Crippen LogP contribution in [0.15, 0.2) is 59.3 Å². The summed E-state index contributed by atoms with van der Waals surface area (Å²) in [5.74, 6) is 1.36. The van der Waals surface area contributed by atoms with Crippen molar-refractivity contribution in [1.82, 2.24) is 14.9 Å². The summed E-state index contributed by atoms with van der Waals surface area (Å²) in [5, 5.41) is 0.567. The summed E-state index contributed by atoms with van der Waals surface area (Å²) in [5.41, 5.74) is 1.36. The van der Waals surface area contributed by atoms with Crippen LogP contribution in [0.25, 0.3) is 11.5 Å². The van der Waals surface area contributed by atoms with Crippen molar-refractivity contribution >= 4 is 23.5 Å². The molecular formula is C19H17ClN4O2. The van der Waals surface area contributed by atoms with Gasteiger partial charge in [0.2, 0.25) is 5.95 Å². The molecule has 1 aromatic carbocycles. The van der Waals surface area contributed by atoms with E-state index in [9.17, 15) is 4.79 Å². The van der Waals surface area contributed by atoms with Gasteiger partial charge in [0.1, 0.15) is 5.69 Å². The van der Waals surface area contributed by atoms with Gasteiger partial charge in [-0.1, -0.05) is 17.7 Å². The molecule has 0 unspecified atom stereocenters. The fraction of sp³-hybridized carbons (Fsp3) is 0.211. The second-order valence-electron chi connectivity index (χ2n) is 6.01. The number of carbonyl (C=O) groups excluding carboxylic acids is 1. The highest BCUT2D eigenvalue weighted by Gasteiger charge is 2.24. The van der Waals surface area contributed by atoms with Gasteiger partial charge in [-0.3, -0.25) is 4.79 Å². The summed E-state index contributed by atoms with van der Waals surface area (Å²) < 4.78 is 5.40. The zero-order valence-corrected chi connectivity index (χ0v) is 14.8. The van der Waals surface area contributed by atoms with Crippen molar-refractivity contribution in [3.8, 4) is 11.5 Å². The third-order valence-corrected chi connectivity index (χ3v) is 4.57. The first-order valence-corrected chi connectivity index (χ1v) is 8.75. The minimum Gasteiger partial charge on any atom is -0.463 e. The minimum atomic E-state index is -0.00240. The van der Waals surface area contributed by atoms with E-state index in [2.05, 4.69) is 14.9 Å². The molecule has 0 saturated carbocycles. The van der Waals surface area contributed by atoms with Crippen LogP contribution in [0.5, 0.6) is 0 Å². The van der Waals surface area contributed by atoms with Crippen molar-refractivity contribution in [2.75, 3.05) is 31.1 Å². The molecule has 1 aliphatic heterocycles. The average Bonchev–Trinajstić information content (AvgIpc) is 3.23. The number of nitrogens with zero attached hydrogens (tertiary/aromatic N) is 4. The lowest BCUT2D eigenvalue weighted by Crippen LogP contribution is -2.49. The smallest absolute Gasteiger partial charge is 0.254 e. The molecular weight excluding hydrogens is 352 g/mol. The molecule has 1 aliphatic rings. The van der Waals surface area contributed by atoms with Crippen LogP contribution >= 0.6 is 11.6 Å². The highest BCUT2D eigenvalue weighted by atomic mass is 35.5. The summed E-state index contributed by atoms with van der Waals surface area (Å²) in [4.78, 5) is 25.5. The Hall–Kier alpha value is -2.86. The maximum Gasteiger partial charge on any atom is 0.254 e. The molecule has 3 aromatic rings. The number of piperazine rings is 1. The molecule has 1 amide bonds. The first kappa shape index (κ1) is 16.6. The van der Waals surface area contributed by atoms with E-state index in [1.165, 1.54) is 0 Å². The van der Waals surface area contributed by atoms with Crippen molar-refractivity contribution in [2.24, 2.45) is 0 Å². The predicted octanol–water partition coefficient (Wildman–Crippen LogP) is 3.35. The quantitative estimate of drug-likeness (QED) is 0.709. The first-order chi connectivity index (χ1) is 12.7. The van der Waals surface area contributed by atoms with Crippen molar-refractivity contribution in [2.45, 2.75) is 0 Å². The van der Waals surface area contributed by atoms with Crippen molar-refractivity contribution in [1.29, 1.82) is 0 Å². The molecule has 0 N–H and O–H groups in total. The van der Waals surface area contributed by atoms with Crippen LogP contribution in [-0.4, -0.2) is 47.0 Å². The zero-order chi connectivity index (χ0) is 17.9. The van der Waals surface area contributed by atoms with E-state index in [1.54, 1.807) is 36.7 Å². The van der Waals surface area contributed by atoms with Crippen LogP contribution in [0.2, 0.25) is 5.02 Å². The van der Waals surface area contributed by atoms with Crippen LogP contribution in [-0.2, 0) is 0 Å². The van der Waals surface area contributed by atoms with Gasteiger partial charge in [-0.2, -0.15) is 0 Å². The van der Waals surface area contributed by atoms with Crippen LogP contribution < -0.4 is 4.90 Å². The fourth-order valence-corrected chi connectivity index (χ4v) is 3.17. The summed E-state index contributed by atoms with van der Waals surface area (Å²) >= 11 is 5.98. The predicted molar refractivity (Wildman–Crippen MR) is 99.3 cm³/mol. The van der Waals surface area contributed by atoms with Crippen LogP contribution in [0, 0.1) is 0 Å². The van der Waals surface area contributed by atoms with E-state index < -0.39 is 0 Å². The fourth-order valence-electron chi connectivity index (χ4n) is 2.98. The lowest BCUT2D eigenvalue weighted by Gasteiger charge is -2.34. The molecule has 1 saturated heterocycles. The Morgan fingerprint density at radius 3 is 2.65 bits per heavy atom. The van der Waals surface area contributed by atoms with Crippen molar-refractivity contribution < 1.29 is 9.21 Å². The molecule has 7 heteroatoms. The molecule has 0 atom stereocenters. The van der Waals surface area contributed by atoms with Gasteiger partial charge in [-0.25, -0.2) is 9.97 Å². The van der Waals surface area contributed by atoms with E-state index in [4.69, 9.17) is 16.0 Å². The van der Waals surface area contributed by atoms with Gasteiger partial charge in [0.05, 0.1) is 6.26 Å². The Balaban J connectivity index is 1.44. The monoisotopic (exact) mass is 368 g/mol. The van der Waals surface area contributed by atoms with E-state index in [1.807, 2.05) is 23.1 Å². The Morgan fingerprint density at radius 1 is 1.08 bits per heavy atom. The van der Waals surface area contributed by atoms with Gasteiger partial charge in [0.15, 0.2) is 5.76 Å². The highest BCUT2D eigenvalue weighted by Crippen LogP contribution is 2.20. The van der Waals surface area contributed by atoms with Crippen LogP contribution in [0.3, 0.4) is 0 Å². The molecule has 0 spiro atoms. The summed E-state index contributed by atoms with van der Waals surface area (Å²) in [7, 11) is 0. The number of hydrogen-bond acceptors (Lipinski definition) is 5. The Bertz CT molecular complexity index is 905. The largest absolute Gasteiger partial charge is 0.463 e. The molecule has 0 bridgehead atoms. The number of amides is 1. The molecule has 3 heterocycles. The summed E-state index contributed by atoms with van der Waals surface area (Å²) in [6.07, 6.45) is 3.35. The van der Waals surface area contributed by atoms with E-state index in [-0.39, 0.29) is 5.91 Å². The molecule has 132 valence electrons. The lowest BCUT2D eigenvalue weighted by atomic mass is 10.2. The van der Waals surface area contributed by atoms with Gasteiger partial charge in [-0.05, 0) is 36.4 Å². The maximum atomic E-state index is 12.6. The third kappa shape index (κ3) is 3.41. The Morgan fingerprint density at radius 2 is 1.92 bits per heavy atom. The molecule has 6 nitrogen and oxygen atoms in total. The lowest BCUT2D eigenvalue weighted by molar-refractivity contribution is 0.0746. The molecule has 0 radical (unpaired) electrons. The van der Waals surface area contributed by atoms with Gasteiger partial charge in [-0.15, -0.1) is 0 Å². The SMILES string of the molecule is O=C(c1cccc(Cl)c1)N1CCN(c2nccc(-c3ccco3)n2)CC1. The first-order valence-electron chi connectivity index (χ1n) is 8.37. The average molecular weight is 369 g/mol. The number of halogens is 1. The van der Waals surface area contributed by atoms with Crippen LogP contribution in [0.1, 0.15) is 10.4 Å². The minimum absolute atomic E-state index is 0.00240. The topological polar surface area (TPSA) is 62.5 Å². The molecule has 4 rings (SSSR count). The molecule has 2 aromatic heterocycles. The van der Waals surface area contributed by atoms with Crippen molar-refractivity contribution in [3.05, 3.63) is 65.5 Å². The zero-order valence-electron chi connectivity index (χ0n) is 14.0. The maximum absolute atomic E-state index is 12.6. The highest BCUT2D eigenvalue weighted by molar-refractivity contribution is 6.30. The molecule has 0 aliphatic carbocycles. The standard InChI is InChI=1S/C19H17ClN4O2/c20-15-4-1-3-14(13-15)18(25)23-8-10-24(11-9-23)19-21-7-6-16(22-19)17-5-2-12-26-17/h1-7,12-13H,8-11H2. The summed E-state index contributed by atoms with van der Waals surface area (Å²) in [6.45, 7) is 2.57. The number of carbonyl (C=O) groups is 1. The third-order valence-electron chi connectivity index (χ3n) is 4.34. The van der Waals surface area contributed by atoms with Crippen molar-refractivity contribution in [3.63, 3.8) is 0 Å². The van der Waals surface area contributed by atoms with Gasteiger partial charge < -0.3 is 14.2 Å². The number of furan rings is 1. The number of benzene rings is 1. The van der Waals surface area contributed by atoms with Gasteiger partial charge in [0.25, 0.3) is 5.91 Å². The summed E-state index contributed by atoms with van der Waals surface area (Å²) in [6, 6.07) is 12.6. The van der Waals surface area contributed by atoms with Gasteiger partial charge in [0, 0.05) is 43.0 Å². The Kier molecular flexibility index (Phi) is 4.58. The number of rotatable bonds is 3. The van der Waals surface area contributed by atoms with E-state index in [0.29, 0.717) is 48.5 Å². The normalized spacial score (nSPS) is 14.5. The molecule has 26 heavy (non-hydrogen) atoms. The Labute approximate surface area is 156 Å². The van der Waals surface area contributed by atoms with E-state index in [0.717, 1.165) is 5.69 Å².